The van der Waals surface area contributed by atoms with Crippen LogP contribution in [-0.2, 0) is 6.54 Å². The summed E-state index contributed by atoms with van der Waals surface area (Å²) < 4.78 is 10.6. The van der Waals surface area contributed by atoms with Crippen LogP contribution >= 0.6 is 0 Å². The van der Waals surface area contributed by atoms with Gasteiger partial charge in [-0.3, -0.25) is 4.98 Å². The van der Waals surface area contributed by atoms with E-state index in [1.165, 1.54) is 0 Å². The third kappa shape index (κ3) is 3.17. The first-order valence-electron chi connectivity index (χ1n) is 6.34. The number of rotatable bonds is 5. The maximum atomic E-state index is 5.41. The van der Waals surface area contributed by atoms with Crippen molar-refractivity contribution in [2.24, 2.45) is 0 Å². The molecule has 0 saturated heterocycles. The number of aryl methyl sites for hydroxylation is 1. The lowest BCUT2D eigenvalue weighted by atomic mass is 10.2. The van der Waals surface area contributed by atoms with Crippen LogP contribution in [0.15, 0.2) is 30.6 Å². The van der Waals surface area contributed by atoms with Crippen LogP contribution in [0.2, 0.25) is 0 Å². The van der Waals surface area contributed by atoms with Crippen LogP contribution in [0.25, 0.3) is 0 Å². The quantitative estimate of drug-likeness (QED) is 0.837. The molecule has 0 aliphatic heterocycles. The predicted octanol–water partition coefficient (Wildman–Crippen LogP) is 2.44. The van der Waals surface area contributed by atoms with Crippen molar-refractivity contribution in [3.05, 3.63) is 41.9 Å². The van der Waals surface area contributed by atoms with E-state index in [0.29, 0.717) is 6.54 Å². The Kier molecular flexibility index (Phi) is 4.40. The van der Waals surface area contributed by atoms with E-state index in [1.807, 2.05) is 37.1 Å². The highest BCUT2D eigenvalue weighted by Crippen LogP contribution is 2.26. The fourth-order valence-corrected chi connectivity index (χ4v) is 1.95. The summed E-state index contributed by atoms with van der Waals surface area (Å²) in [6.07, 6.45) is 3.49. The van der Waals surface area contributed by atoms with E-state index >= 15 is 0 Å². The monoisotopic (exact) mass is 273 g/mol. The molecule has 0 unspecified atom stereocenters. The molecule has 1 heterocycles. The van der Waals surface area contributed by atoms with Crippen molar-refractivity contribution in [3.8, 4) is 11.5 Å². The van der Waals surface area contributed by atoms with Gasteiger partial charge in [0.1, 0.15) is 17.3 Å². The number of anilines is 1. The van der Waals surface area contributed by atoms with Crippen molar-refractivity contribution in [1.82, 2.24) is 9.97 Å². The number of nitrogens with zero attached hydrogens (tertiary/aromatic N) is 3. The molecule has 2 rings (SSSR count). The van der Waals surface area contributed by atoms with E-state index in [4.69, 9.17) is 9.47 Å². The van der Waals surface area contributed by atoms with Crippen molar-refractivity contribution >= 4 is 5.82 Å². The van der Waals surface area contributed by atoms with Crippen LogP contribution < -0.4 is 14.4 Å². The molecule has 1 aromatic carbocycles. The zero-order valence-electron chi connectivity index (χ0n) is 12.3. The first-order valence-corrected chi connectivity index (χ1v) is 6.34. The van der Waals surface area contributed by atoms with Gasteiger partial charge in [-0.05, 0) is 19.1 Å². The summed E-state index contributed by atoms with van der Waals surface area (Å²) in [6.45, 7) is 2.61. The summed E-state index contributed by atoms with van der Waals surface area (Å²) in [6, 6.07) is 5.80. The summed E-state index contributed by atoms with van der Waals surface area (Å²) in [5.41, 5.74) is 1.97. The third-order valence-corrected chi connectivity index (χ3v) is 3.04. The summed E-state index contributed by atoms with van der Waals surface area (Å²) in [7, 11) is 5.28. The van der Waals surface area contributed by atoms with Gasteiger partial charge in [0, 0.05) is 31.4 Å². The second kappa shape index (κ2) is 6.23. The maximum absolute atomic E-state index is 5.41. The van der Waals surface area contributed by atoms with Gasteiger partial charge in [-0.15, -0.1) is 0 Å². The number of hydrogen-bond acceptors (Lipinski definition) is 5. The van der Waals surface area contributed by atoms with E-state index in [0.717, 1.165) is 28.6 Å². The largest absolute Gasteiger partial charge is 0.497 e. The summed E-state index contributed by atoms with van der Waals surface area (Å²) >= 11 is 0. The molecule has 0 N–H and O–H groups in total. The minimum atomic E-state index is 0.686. The smallest absolute Gasteiger partial charge is 0.147 e. The van der Waals surface area contributed by atoms with Crippen LogP contribution in [0.4, 0.5) is 5.82 Å². The van der Waals surface area contributed by atoms with Crippen LogP contribution in [0, 0.1) is 6.92 Å². The first kappa shape index (κ1) is 14.1. The Bertz CT molecular complexity index is 587. The SMILES string of the molecule is COc1ccc(CN(C)c2cncc(C)n2)c(OC)c1. The van der Waals surface area contributed by atoms with Crippen LogP contribution in [0.1, 0.15) is 11.3 Å². The van der Waals surface area contributed by atoms with Crippen molar-refractivity contribution < 1.29 is 9.47 Å². The van der Waals surface area contributed by atoms with E-state index in [9.17, 15) is 0 Å². The highest BCUT2D eigenvalue weighted by molar-refractivity contribution is 5.44. The Balaban J connectivity index is 2.21. The molecule has 5 nitrogen and oxygen atoms in total. The van der Waals surface area contributed by atoms with Gasteiger partial charge in [0.05, 0.1) is 26.1 Å². The van der Waals surface area contributed by atoms with E-state index in [2.05, 4.69) is 9.97 Å². The first-order chi connectivity index (χ1) is 9.63. The lowest BCUT2D eigenvalue weighted by molar-refractivity contribution is 0.391. The van der Waals surface area contributed by atoms with E-state index in [-0.39, 0.29) is 0 Å². The molecule has 0 amide bonds. The van der Waals surface area contributed by atoms with Crippen molar-refractivity contribution in [3.63, 3.8) is 0 Å². The lowest BCUT2D eigenvalue weighted by Crippen LogP contribution is -2.18. The summed E-state index contributed by atoms with van der Waals surface area (Å²) in [5, 5.41) is 0. The Morgan fingerprint density at radius 2 is 1.95 bits per heavy atom. The van der Waals surface area contributed by atoms with Crippen molar-refractivity contribution in [1.29, 1.82) is 0 Å². The Morgan fingerprint density at radius 1 is 1.15 bits per heavy atom. The van der Waals surface area contributed by atoms with Gasteiger partial charge in [-0.25, -0.2) is 4.98 Å². The van der Waals surface area contributed by atoms with Crippen LogP contribution in [0.3, 0.4) is 0 Å². The molecule has 1 aromatic heterocycles. The normalized spacial score (nSPS) is 10.2. The molecule has 0 bridgehead atoms. The molecule has 0 atom stereocenters. The van der Waals surface area contributed by atoms with E-state index in [1.54, 1.807) is 26.6 Å². The number of hydrogen-bond donors (Lipinski definition) is 0. The molecule has 0 aliphatic carbocycles. The molecule has 106 valence electrons. The van der Waals surface area contributed by atoms with Crippen molar-refractivity contribution in [2.75, 3.05) is 26.2 Å². The van der Waals surface area contributed by atoms with Gasteiger partial charge < -0.3 is 14.4 Å². The Labute approximate surface area is 119 Å². The fourth-order valence-electron chi connectivity index (χ4n) is 1.95. The minimum absolute atomic E-state index is 0.686. The second-order valence-electron chi connectivity index (χ2n) is 4.55. The lowest BCUT2D eigenvalue weighted by Gasteiger charge is -2.20. The van der Waals surface area contributed by atoms with Crippen molar-refractivity contribution in [2.45, 2.75) is 13.5 Å². The molecular formula is C15H19N3O2. The molecule has 0 radical (unpaired) electrons. The third-order valence-electron chi connectivity index (χ3n) is 3.04. The highest BCUT2D eigenvalue weighted by atomic mass is 16.5. The maximum Gasteiger partial charge on any atom is 0.147 e. The standard InChI is InChI=1S/C15H19N3O2/c1-11-8-16-9-15(17-11)18(2)10-12-5-6-13(19-3)7-14(12)20-4/h5-9H,10H2,1-4H3. The average molecular weight is 273 g/mol. The Morgan fingerprint density at radius 3 is 2.60 bits per heavy atom. The average Bonchev–Trinajstić information content (AvgIpc) is 2.47. The van der Waals surface area contributed by atoms with Crippen LogP contribution in [0.5, 0.6) is 11.5 Å². The molecular weight excluding hydrogens is 254 g/mol. The summed E-state index contributed by atoms with van der Waals surface area (Å²) in [5.74, 6) is 2.42. The topological polar surface area (TPSA) is 47.5 Å². The molecule has 0 fully saturated rings. The molecule has 0 aliphatic rings. The van der Waals surface area contributed by atoms with Gasteiger partial charge >= 0.3 is 0 Å². The minimum Gasteiger partial charge on any atom is -0.497 e. The van der Waals surface area contributed by atoms with Gasteiger partial charge in [0.25, 0.3) is 0 Å². The summed E-state index contributed by atoms with van der Waals surface area (Å²) in [4.78, 5) is 10.6. The predicted molar refractivity (Wildman–Crippen MR) is 78.4 cm³/mol. The van der Waals surface area contributed by atoms with Gasteiger partial charge in [-0.1, -0.05) is 0 Å². The van der Waals surface area contributed by atoms with Crippen LogP contribution in [-0.4, -0.2) is 31.2 Å². The van der Waals surface area contributed by atoms with E-state index < -0.39 is 0 Å². The number of aromatic nitrogens is 2. The van der Waals surface area contributed by atoms with Gasteiger partial charge in [-0.2, -0.15) is 0 Å². The number of methoxy groups -OCH3 is 2. The van der Waals surface area contributed by atoms with Gasteiger partial charge in [0.2, 0.25) is 0 Å². The molecule has 20 heavy (non-hydrogen) atoms. The molecule has 0 saturated carbocycles. The second-order valence-corrected chi connectivity index (χ2v) is 4.55. The molecule has 0 spiro atoms. The fraction of sp³-hybridized carbons (Fsp3) is 0.333. The molecule has 5 heteroatoms. The number of benzene rings is 1. The zero-order chi connectivity index (χ0) is 14.5. The highest BCUT2D eigenvalue weighted by Gasteiger charge is 2.09. The Hall–Kier alpha value is -2.30. The molecule has 2 aromatic rings. The zero-order valence-corrected chi connectivity index (χ0v) is 12.3. The number of ether oxygens (including phenoxy) is 2. The van der Waals surface area contributed by atoms with Gasteiger partial charge in [0.15, 0.2) is 0 Å².